The van der Waals surface area contributed by atoms with Gasteiger partial charge in [0.1, 0.15) is 13.2 Å². The van der Waals surface area contributed by atoms with E-state index in [1.165, 1.54) is 0 Å². The highest BCUT2D eigenvalue weighted by atomic mass is 79.9. The molecule has 0 amide bonds. The number of rotatable bonds is 3. The number of fused-ring (bicyclic) bond motifs is 1. The third kappa shape index (κ3) is 2.16. The van der Waals surface area contributed by atoms with E-state index in [2.05, 4.69) is 20.8 Å². The minimum absolute atomic E-state index is 0.493. The first kappa shape index (κ1) is 11.7. The molecule has 0 aliphatic carbocycles. The maximum atomic E-state index is 5.57. The van der Waals surface area contributed by atoms with E-state index >= 15 is 0 Å². The molecule has 5 heteroatoms. The van der Waals surface area contributed by atoms with Gasteiger partial charge in [-0.2, -0.15) is 0 Å². The predicted octanol–water partition coefficient (Wildman–Crippen LogP) is 1.96. The van der Waals surface area contributed by atoms with Crippen LogP contribution >= 0.6 is 15.9 Å². The van der Waals surface area contributed by atoms with Gasteiger partial charge in [-0.3, -0.25) is 0 Å². The van der Waals surface area contributed by atoms with Crippen molar-refractivity contribution < 1.29 is 14.3 Å². The van der Waals surface area contributed by atoms with Gasteiger partial charge in [0.15, 0.2) is 11.5 Å². The van der Waals surface area contributed by atoms with Crippen molar-refractivity contribution in [1.29, 1.82) is 0 Å². The molecule has 0 radical (unpaired) electrons. The Morgan fingerprint density at radius 3 is 2.94 bits per heavy atom. The molecule has 0 fully saturated rings. The van der Waals surface area contributed by atoms with Crippen molar-refractivity contribution in [1.82, 2.24) is 0 Å². The second kappa shape index (κ2) is 5.03. The molecule has 0 bridgehead atoms. The van der Waals surface area contributed by atoms with Crippen molar-refractivity contribution in [2.24, 2.45) is 5.90 Å². The van der Waals surface area contributed by atoms with Gasteiger partial charge in [0.05, 0.1) is 11.1 Å². The van der Waals surface area contributed by atoms with Gasteiger partial charge in [-0.25, -0.2) is 5.90 Å². The molecule has 1 aromatic rings. The largest absolute Gasteiger partial charge is 0.486 e. The summed E-state index contributed by atoms with van der Waals surface area (Å²) in [6, 6.07) is 1.99. The van der Waals surface area contributed by atoms with E-state index in [0.29, 0.717) is 19.8 Å². The summed E-state index contributed by atoms with van der Waals surface area (Å²) in [6.07, 6.45) is 0.761. The number of nitrogens with two attached hydrogens (primary N) is 1. The lowest BCUT2D eigenvalue weighted by Gasteiger charge is -2.22. The van der Waals surface area contributed by atoms with Crippen LogP contribution in [0.5, 0.6) is 11.5 Å². The van der Waals surface area contributed by atoms with Crippen LogP contribution in [0, 0.1) is 6.92 Å². The zero-order valence-electron chi connectivity index (χ0n) is 9.09. The fourth-order valence-corrected chi connectivity index (χ4v) is 2.28. The number of benzene rings is 1. The van der Waals surface area contributed by atoms with E-state index in [1.54, 1.807) is 0 Å². The molecular formula is C11H14BrNO3. The van der Waals surface area contributed by atoms with Crippen molar-refractivity contribution >= 4 is 15.9 Å². The Balaban J connectivity index is 2.36. The first-order valence-corrected chi connectivity index (χ1v) is 5.92. The van der Waals surface area contributed by atoms with Crippen LogP contribution in [0.1, 0.15) is 11.1 Å². The van der Waals surface area contributed by atoms with Gasteiger partial charge >= 0.3 is 0 Å². The van der Waals surface area contributed by atoms with Gasteiger partial charge in [-0.1, -0.05) is 0 Å². The molecule has 0 saturated heterocycles. The van der Waals surface area contributed by atoms with Gasteiger partial charge in [-0.05, 0) is 46.5 Å². The Morgan fingerprint density at radius 2 is 2.19 bits per heavy atom. The maximum absolute atomic E-state index is 5.57. The molecule has 88 valence electrons. The second-order valence-electron chi connectivity index (χ2n) is 3.62. The predicted molar refractivity (Wildman–Crippen MR) is 63.7 cm³/mol. The lowest BCUT2D eigenvalue weighted by atomic mass is 10.0. The zero-order chi connectivity index (χ0) is 11.5. The van der Waals surface area contributed by atoms with Crippen LogP contribution in [0.15, 0.2) is 10.5 Å². The standard InChI is InChI=1S/C11H14BrNO3/c1-7-8(2-3-16-13)6-9-11(10(7)12)15-5-4-14-9/h6H,2-5,13H2,1H3. The Hall–Kier alpha value is -0.780. The van der Waals surface area contributed by atoms with E-state index in [0.717, 1.165) is 33.5 Å². The summed E-state index contributed by atoms with van der Waals surface area (Å²) in [5.41, 5.74) is 2.29. The summed E-state index contributed by atoms with van der Waals surface area (Å²) in [7, 11) is 0. The molecule has 1 heterocycles. The van der Waals surface area contributed by atoms with E-state index in [9.17, 15) is 0 Å². The van der Waals surface area contributed by atoms with Gasteiger partial charge < -0.3 is 14.3 Å². The van der Waals surface area contributed by atoms with Crippen LogP contribution in [0.25, 0.3) is 0 Å². The molecule has 4 nitrogen and oxygen atoms in total. The molecule has 2 N–H and O–H groups in total. The number of ether oxygens (including phenoxy) is 2. The van der Waals surface area contributed by atoms with Gasteiger partial charge in [0.25, 0.3) is 0 Å². The molecular weight excluding hydrogens is 274 g/mol. The topological polar surface area (TPSA) is 53.7 Å². The van der Waals surface area contributed by atoms with Gasteiger partial charge in [0.2, 0.25) is 0 Å². The summed E-state index contributed by atoms with van der Waals surface area (Å²) < 4.78 is 12.1. The van der Waals surface area contributed by atoms with Crippen LogP contribution in [-0.4, -0.2) is 19.8 Å². The normalized spacial score (nSPS) is 13.9. The molecule has 1 aliphatic heterocycles. The van der Waals surface area contributed by atoms with Crippen molar-refractivity contribution in [3.05, 3.63) is 21.7 Å². The minimum Gasteiger partial charge on any atom is -0.486 e. The number of hydrogen-bond acceptors (Lipinski definition) is 4. The van der Waals surface area contributed by atoms with Crippen molar-refractivity contribution in [3.63, 3.8) is 0 Å². The van der Waals surface area contributed by atoms with Gasteiger partial charge in [-0.15, -0.1) is 0 Å². The average Bonchev–Trinajstić information content (AvgIpc) is 2.32. The minimum atomic E-state index is 0.493. The summed E-state index contributed by atoms with van der Waals surface area (Å²) in [5, 5.41) is 0. The third-order valence-corrected chi connectivity index (χ3v) is 3.57. The molecule has 0 spiro atoms. The summed E-state index contributed by atoms with van der Waals surface area (Å²) in [6.45, 7) is 3.72. The van der Waals surface area contributed by atoms with E-state index in [4.69, 9.17) is 15.4 Å². The maximum Gasteiger partial charge on any atom is 0.175 e. The summed E-state index contributed by atoms with van der Waals surface area (Å²) >= 11 is 3.53. The smallest absolute Gasteiger partial charge is 0.175 e. The van der Waals surface area contributed by atoms with Crippen molar-refractivity contribution in [3.8, 4) is 11.5 Å². The Kier molecular flexibility index (Phi) is 3.68. The molecule has 1 aliphatic rings. The lowest BCUT2D eigenvalue weighted by molar-refractivity contribution is 0.140. The van der Waals surface area contributed by atoms with Crippen LogP contribution in [0.4, 0.5) is 0 Å². The first-order chi connectivity index (χ1) is 7.74. The Morgan fingerprint density at radius 1 is 1.44 bits per heavy atom. The first-order valence-electron chi connectivity index (χ1n) is 5.13. The molecule has 0 atom stereocenters. The fourth-order valence-electron chi connectivity index (χ4n) is 1.72. The SMILES string of the molecule is Cc1c(CCON)cc2c(c1Br)OCCO2. The van der Waals surface area contributed by atoms with E-state index in [1.807, 2.05) is 13.0 Å². The summed E-state index contributed by atoms with van der Waals surface area (Å²) in [5.74, 6) is 6.62. The van der Waals surface area contributed by atoms with Crippen LogP contribution in [0.3, 0.4) is 0 Å². The number of halogens is 1. The van der Waals surface area contributed by atoms with Crippen LogP contribution < -0.4 is 15.4 Å². The molecule has 0 unspecified atom stereocenters. The van der Waals surface area contributed by atoms with Crippen molar-refractivity contribution in [2.45, 2.75) is 13.3 Å². The molecule has 1 aromatic carbocycles. The van der Waals surface area contributed by atoms with Crippen LogP contribution in [-0.2, 0) is 11.3 Å². The highest BCUT2D eigenvalue weighted by Crippen LogP contribution is 2.41. The Labute approximate surface area is 103 Å². The Bertz CT molecular complexity index is 395. The highest BCUT2D eigenvalue weighted by Gasteiger charge is 2.19. The average molecular weight is 288 g/mol. The zero-order valence-corrected chi connectivity index (χ0v) is 10.7. The fraction of sp³-hybridized carbons (Fsp3) is 0.455. The summed E-state index contributed by atoms with van der Waals surface area (Å²) in [4.78, 5) is 4.60. The quantitative estimate of drug-likeness (QED) is 0.864. The molecule has 0 saturated carbocycles. The van der Waals surface area contributed by atoms with Gasteiger partial charge in [0, 0.05) is 0 Å². The van der Waals surface area contributed by atoms with Crippen molar-refractivity contribution in [2.75, 3.05) is 19.8 Å². The number of hydrogen-bond donors (Lipinski definition) is 1. The lowest BCUT2D eigenvalue weighted by Crippen LogP contribution is -2.16. The molecule has 2 rings (SSSR count). The van der Waals surface area contributed by atoms with E-state index in [-0.39, 0.29) is 0 Å². The molecule has 0 aromatic heterocycles. The van der Waals surface area contributed by atoms with E-state index < -0.39 is 0 Å². The molecule has 16 heavy (non-hydrogen) atoms. The third-order valence-electron chi connectivity index (χ3n) is 2.62. The monoisotopic (exact) mass is 287 g/mol. The highest BCUT2D eigenvalue weighted by molar-refractivity contribution is 9.10. The second-order valence-corrected chi connectivity index (χ2v) is 4.41. The van der Waals surface area contributed by atoms with Crippen LogP contribution in [0.2, 0.25) is 0 Å².